The van der Waals surface area contributed by atoms with E-state index in [2.05, 4.69) is 0 Å². The molecule has 4 nitrogen and oxygen atoms in total. The summed E-state index contributed by atoms with van der Waals surface area (Å²) in [7, 11) is 3.20. The zero-order valence-corrected chi connectivity index (χ0v) is 10.3. The van der Waals surface area contributed by atoms with Gasteiger partial charge in [-0.05, 0) is 24.6 Å². The number of rotatable bonds is 3. The first-order valence-corrected chi connectivity index (χ1v) is 5.17. The van der Waals surface area contributed by atoms with Gasteiger partial charge in [0.1, 0.15) is 5.75 Å². The number of primary amides is 1. The summed E-state index contributed by atoms with van der Waals surface area (Å²) < 4.78 is 5.22. The smallest absolute Gasteiger partial charge is 0.314 e. The third-order valence-electron chi connectivity index (χ3n) is 2.35. The number of urea groups is 1. The van der Waals surface area contributed by atoms with Crippen molar-refractivity contribution in [2.75, 3.05) is 14.2 Å². The van der Waals surface area contributed by atoms with Crippen molar-refractivity contribution in [2.45, 2.75) is 13.5 Å². The molecule has 0 fully saturated rings. The maximum Gasteiger partial charge on any atom is 0.314 e. The van der Waals surface area contributed by atoms with Crippen molar-refractivity contribution in [2.24, 2.45) is 5.73 Å². The lowest BCUT2D eigenvalue weighted by Crippen LogP contribution is -2.31. The van der Waals surface area contributed by atoms with Crippen LogP contribution in [0.5, 0.6) is 5.75 Å². The minimum absolute atomic E-state index is 0.374. The molecule has 88 valence electrons. The number of nitrogens with zero attached hydrogens (tertiary/aromatic N) is 1. The Hall–Kier alpha value is -1.42. The highest BCUT2D eigenvalue weighted by atomic mass is 35.5. The molecule has 2 amide bonds. The number of methoxy groups -OCH3 is 1. The van der Waals surface area contributed by atoms with Crippen LogP contribution in [0.4, 0.5) is 4.79 Å². The summed E-state index contributed by atoms with van der Waals surface area (Å²) in [5, 5.41) is 0.647. The molecular weight excluding hydrogens is 228 g/mol. The van der Waals surface area contributed by atoms with Crippen LogP contribution in [-0.2, 0) is 6.54 Å². The summed E-state index contributed by atoms with van der Waals surface area (Å²) in [6.07, 6.45) is 0. The second kappa shape index (κ2) is 5.07. The van der Waals surface area contributed by atoms with Crippen LogP contribution in [0.3, 0.4) is 0 Å². The van der Waals surface area contributed by atoms with Gasteiger partial charge in [-0.3, -0.25) is 0 Å². The third kappa shape index (κ3) is 2.79. The average molecular weight is 243 g/mol. The van der Waals surface area contributed by atoms with E-state index in [1.165, 1.54) is 4.90 Å². The van der Waals surface area contributed by atoms with Gasteiger partial charge in [-0.25, -0.2) is 4.79 Å². The fraction of sp³-hybridized carbons (Fsp3) is 0.364. The first-order chi connectivity index (χ1) is 7.45. The van der Waals surface area contributed by atoms with Gasteiger partial charge in [0.25, 0.3) is 0 Å². The third-order valence-corrected chi connectivity index (χ3v) is 2.75. The van der Waals surface area contributed by atoms with E-state index in [-0.39, 0.29) is 0 Å². The molecule has 1 rings (SSSR count). The molecular formula is C11H15ClN2O2. The van der Waals surface area contributed by atoms with E-state index < -0.39 is 6.03 Å². The first-order valence-electron chi connectivity index (χ1n) is 4.79. The molecule has 0 aliphatic rings. The number of aryl methyl sites for hydroxylation is 1. The lowest BCUT2D eigenvalue weighted by Gasteiger charge is -2.17. The van der Waals surface area contributed by atoms with E-state index in [0.717, 1.165) is 11.1 Å². The molecule has 1 aromatic rings. The number of halogens is 1. The Morgan fingerprint density at radius 2 is 2.19 bits per heavy atom. The molecule has 0 radical (unpaired) electrons. The summed E-state index contributed by atoms with van der Waals surface area (Å²) in [4.78, 5) is 12.3. The van der Waals surface area contributed by atoms with Gasteiger partial charge in [0.2, 0.25) is 0 Å². The normalized spacial score (nSPS) is 10.0. The Morgan fingerprint density at radius 3 is 2.69 bits per heavy atom. The molecule has 0 spiro atoms. The first kappa shape index (κ1) is 12.6. The Bertz CT molecular complexity index is 407. The van der Waals surface area contributed by atoms with Crippen LogP contribution in [0, 0.1) is 6.92 Å². The fourth-order valence-electron chi connectivity index (χ4n) is 1.34. The van der Waals surface area contributed by atoms with Crippen LogP contribution in [0.2, 0.25) is 5.02 Å². The Labute approximate surface area is 99.9 Å². The van der Waals surface area contributed by atoms with Crippen molar-refractivity contribution in [1.82, 2.24) is 4.90 Å². The van der Waals surface area contributed by atoms with Crippen LogP contribution in [0.15, 0.2) is 12.1 Å². The van der Waals surface area contributed by atoms with Crippen molar-refractivity contribution in [1.29, 1.82) is 0 Å². The lowest BCUT2D eigenvalue weighted by atomic mass is 10.1. The van der Waals surface area contributed by atoms with Crippen molar-refractivity contribution >= 4 is 17.6 Å². The number of carbonyl (C=O) groups is 1. The molecule has 0 atom stereocenters. The summed E-state index contributed by atoms with van der Waals surface area (Å²) in [6.45, 7) is 2.27. The summed E-state index contributed by atoms with van der Waals surface area (Å²) in [6, 6.07) is 3.14. The Morgan fingerprint density at radius 1 is 1.56 bits per heavy atom. The minimum Gasteiger partial charge on any atom is -0.496 e. The number of benzene rings is 1. The van der Waals surface area contributed by atoms with Crippen molar-refractivity contribution in [3.05, 3.63) is 28.3 Å². The Kier molecular flexibility index (Phi) is 4.01. The maximum atomic E-state index is 10.9. The van der Waals surface area contributed by atoms with E-state index in [1.807, 2.05) is 13.0 Å². The number of amides is 2. The fourth-order valence-corrected chi connectivity index (χ4v) is 1.53. The van der Waals surface area contributed by atoms with Crippen molar-refractivity contribution in [3.8, 4) is 5.75 Å². The summed E-state index contributed by atoms with van der Waals surface area (Å²) in [5.41, 5.74) is 6.92. The average Bonchev–Trinajstić information content (AvgIpc) is 2.22. The molecule has 0 saturated heterocycles. The van der Waals surface area contributed by atoms with E-state index in [9.17, 15) is 4.79 Å². The zero-order valence-electron chi connectivity index (χ0n) is 9.58. The quantitative estimate of drug-likeness (QED) is 0.883. The lowest BCUT2D eigenvalue weighted by molar-refractivity contribution is 0.216. The van der Waals surface area contributed by atoms with E-state index in [0.29, 0.717) is 17.3 Å². The largest absolute Gasteiger partial charge is 0.496 e. The van der Waals surface area contributed by atoms with Gasteiger partial charge in [0, 0.05) is 17.6 Å². The molecule has 2 N–H and O–H groups in total. The van der Waals surface area contributed by atoms with Gasteiger partial charge in [0.05, 0.1) is 13.7 Å². The topological polar surface area (TPSA) is 55.6 Å². The van der Waals surface area contributed by atoms with Gasteiger partial charge < -0.3 is 15.4 Å². The summed E-state index contributed by atoms with van der Waals surface area (Å²) >= 11 is 6.02. The van der Waals surface area contributed by atoms with Crippen LogP contribution in [-0.4, -0.2) is 25.1 Å². The van der Waals surface area contributed by atoms with Crippen LogP contribution >= 0.6 is 11.6 Å². The van der Waals surface area contributed by atoms with E-state index in [1.54, 1.807) is 20.2 Å². The van der Waals surface area contributed by atoms with Gasteiger partial charge in [-0.2, -0.15) is 0 Å². The molecule has 0 saturated carbocycles. The predicted octanol–water partition coefficient (Wildman–Crippen LogP) is 2.17. The van der Waals surface area contributed by atoms with Crippen LogP contribution in [0.25, 0.3) is 0 Å². The molecule has 0 unspecified atom stereocenters. The van der Waals surface area contributed by atoms with Gasteiger partial charge in [-0.1, -0.05) is 11.6 Å². The molecule has 0 aliphatic carbocycles. The highest BCUT2D eigenvalue weighted by Gasteiger charge is 2.11. The zero-order chi connectivity index (χ0) is 12.3. The van der Waals surface area contributed by atoms with Gasteiger partial charge in [0.15, 0.2) is 0 Å². The number of nitrogens with two attached hydrogens (primary N) is 1. The highest BCUT2D eigenvalue weighted by molar-refractivity contribution is 6.31. The number of carbonyl (C=O) groups excluding carboxylic acids is 1. The number of ether oxygens (including phenoxy) is 1. The molecule has 5 heteroatoms. The molecule has 0 heterocycles. The van der Waals surface area contributed by atoms with Gasteiger partial charge >= 0.3 is 6.03 Å². The van der Waals surface area contributed by atoms with E-state index >= 15 is 0 Å². The minimum atomic E-state index is -0.487. The van der Waals surface area contributed by atoms with Crippen molar-refractivity contribution in [3.63, 3.8) is 0 Å². The van der Waals surface area contributed by atoms with E-state index in [4.69, 9.17) is 22.1 Å². The number of hydrogen-bond acceptors (Lipinski definition) is 2. The Balaban J connectivity index is 3.03. The molecule has 0 bridgehead atoms. The molecule has 16 heavy (non-hydrogen) atoms. The second-order valence-corrected chi connectivity index (χ2v) is 4.01. The summed E-state index contributed by atoms with van der Waals surface area (Å²) in [5.74, 6) is 0.704. The second-order valence-electron chi connectivity index (χ2n) is 3.61. The highest BCUT2D eigenvalue weighted by Crippen LogP contribution is 2.27. The SMILES string of the molecule is COc1cc(C)c(Cl)cc1CN(C)C(N)=O. The predicted molar refractivity (Wildman–Crippen MR) is 63.8 cm³/mol. The van der Waals surface area contributed by atoms with Crippen LogP contribution in [0.1, 0.15) is 11.1 Å². The molecule has 0 aromatic heterocycles. The molecule has 0 aliphatic heterocycles. The monoisotopic (exact) mass is 242 g/mol. The van der Waals surface area contributed by atoms with Crippen LogP contribution < -0.4 is 10.5 Å². The molecule has 1 aromatic carbocycles. The number of hydrogen-bond donors (Lipinski definition) is 1. The maximum absolute atomic E-state index is 10.9. The van der Waals surface area contributed by atoms with Crippen molar-refractivity contribution < 1.29 is 9.53 Å². The van der Waals surface area contributed by atoms with Gasteiger partial charge in [-0.15, -0.1) is 0 Å². The standard InChI is InChI=1S/C11H15ClN2O2/c1-7-4-10(16-3)8(5-9(7)12)6-14(2)11(13)15/h4-5H,6H2,1-3H3,(H2,13,15).